The molecule has 0 fully saturated rings. The Morgan fingerprint density at radius 2 is 2.06 bits per heavy atom. The smallest absolute Gasteiger partial charge is 0.335 e. The highest BCUT2D eigenvalue weighted by molar-refractivity contribution is 6.33. The molecule has 1 aromatic carbocycles. The van der Waals surface area contributed by atoms with Crippen LogP contribution in [0.3, 0.4) is 0 Å². The number of carboxylic acid groups (broad SMARTS) is 1. The molecule has 0 aliphatic carbocycles. The van der Waals surface area contributed by atoms with Gasteiger partial charge in [-0.15, -0.1) is 0 Å². The van der Waals surface area contributed by atoms with Crippen molar-refractivity contribution >= 4 is 23.3 Å². The van der Waals surface area contributed by atoms with Crippen LogP contribution in [0.15, 0.2) is 18.2 Å². The second-order valence-corrected chi connectivity index (χ2v) is 5.32. The summed E-state index contributed by atoms with van der Waals surface area (Å²) in [5.74, 6) is -0.968. The van der Waals surface area contributed by atoms with Crippen LogP contribution in [0.1, 0.15) is 31.1 Å². The summed E-state index contributed by atoms with van der Waals surface area (Å²) in [7, 11) is 0. The van der Waals surface area contributed by atoms with Gasteiger partial charge >= 0.3 is 5.97 Å². The van der Waals surface area contributed by atoms with Crippen molar-refractivity contribution in [3.05, 3.63) is 28.8 Å². The fourth-order valence-corrected chi connectivity index (χ4v) is 1.40. The molecule has 0 aromatic heterocycles. The van der Waals surface area contributed by atoms with Crippen LogP contribution in [0.25, 0.3) is 0 Å². The number of aromatic carboxylic acids is 1. The summed E-state index contributed by atoms with van der Waals surface area (Å²) in [6, 6.07) is 4.69. The molecule has 2 N–H and O–H groups in total. The van der Waals surface area contributed by atoms with E-state index in [2.05, 4.69) is 26.1 Å². The fourth-order valence-electron chi connectivity index (χ4n) is 1.15. The molecule has 0 saturated carbocycles. The van der Waals surface area contributed by atoms with Crippen LogP contribution in [-0.4, -0.2) is 17.6 Å². The molecule has 0 atom stereocenters. The van der Waals surface area contributed by atoms with Crippen molar-refractivity contribution in [3.8, 4) is 0 Å². The van der Waals surface area contributed by atoms with Crippen molar-refractivity contribution in [1.29, 1.82) is 0 Å². The van der Waals surface area contributed by atoms with E-state index in [4.69, 9.17) is 16.7 Å². The maximum Gasteiger partial charge on any atom is 0.335 e. The molecule has 0 heterocycles. The zero-order valence-electron chi connectivity index (χ0n) is 9.67. The van der Waals surface area contributed by atoms with Gasteiger partial charge in [-0.05, 0) is 23.6 Å². The molecule has 0 aliphatic heterocycles. The molecule has 3 nitrogen and oxygen atoms in total. The van der Waals surface area contributed by atoms with Crippen LogP contribution in [0, 0.1) is 5.41 Å². The Bertz CT molecular complexity index is 396. The van der Waals surface area contributed by atoms with E-state index < -0.39 is 5.97 Å². The van der Waals surface area contributed by atoms with Gasteiger partial charge in [0.1, 0.15) is 0 Å². The zero-order valence-corrected chi connectivity index (χ0v) is 10.4. The molecule has 88 valence electrons. The summed E-state index contributed by atoms with van der Waals surface area (Å²) in [5, 5.41) is 12.4. The lowest BCUT2D eigenvalue weighted by Crippen LogP contribution is -2.19. The number of nitrogens with one attached hydrogen (secondary N) is 1. The Balaban J connectivity index is 2.80. The van der Waals surface area contributed by atoms with Crippen molar-refractivity contribution in [1.82, 2.24) is 0 Å². The number of carbonyl (C=O) groups is 1. The molecule has 0 saturated heterocycles. The van der Waals surface area contributed by atoms with Gasteiger partial charge in [0.05, 0.1) is 16.3 Å². The molecule has 0 aliphatic rings. The average Bonchev–Trinajstić information content (AvgIpc) is 2.14. The number of anilines is 1. The highest BCUT2D eigenvalue weighted by atomic mass is 35.5. The number of halogens is 1. The van der Waals surface area contributed by atoms with E-state index in [1.54, 1.807) is 12.1 Å². The van der Waals surface area contributed by atoms with Crippen LogP contribution >= 0.6 is 11.6 Å². The Morgan fingerprint density at radius 1 is 1.44 bits per heavy atom. The number of carboxylic acids is 1. The molecule has 0 radical (unpaired) electrons. The SMILES string of the molecule is CC(C)(C)CNc1ccc(C(=O)O)cc1Cl. The van der Waals surface area contributed by atoms with Crippen molar-refractivity contribution in [2.75, 3.05) is 11.9 Å². The molecular formula is C12H16ClNO2. The maximum atomic E-state index is 10.7. The number of benzene rings is 1. The van der Waals surface area contributed by atoms with Gasteiger partial charge in [0, 0.05) is 6.54 Å². The summed E-state index contributed by atoms with van der Waals surface area (Å²) in [6.07, 6.45) is 0. The second-order valence-electron chi connectivity index (χ2n) is 4.91. The zero-order chi connectivity index (χ0) is 12.3. The minimum absolute atomic E-state index is 0.148. The molecular weight excluding hydrogens is 226 g/mol. The number of hydrogen-bond donors (Lipinski definition) is 2. The van der Waals surface area contributed by atoms with Crippen LogP contribution < -0.4 is 5.32 Å². The van der Waals surface area contributed by atoms with Gasteiger partial charge in [-0.2, -0.15) is 0 Å². The Kier molecular flexibility index (Phi) is 3.81. The summed E-state index contributed by atoms with van der Waals surface area (Å²) in [6.45, 7) is 7.11. The largest absolute Gasteiger partial charge is 0.478 e. The summed E-state index contributed by atoms with van der Waals surface area (Å²) in [4.78, 5) is 10.7. The highest BCUT2D eigenvalue weighted by Gasteiger charge is 2.11. The molecule has 16 heavy (non-hydrogen) atoms. The quantitative estimate of drug-likeness (QED) is 0.852. The predicted molar refractivity (Wildman–Crippen MR) is 66.4 cm³/mol. The normalized spacial score (nSPS) is 11.2. The molecule has 0 bridgehead atoms. The third-order valence-electron chi connectivity index (χ3n) is 2.03. The lowest BCUT2D eigenvalue weighted by atomic mass is 9.97. The fraction of sp³-hybridized carbons (Fsp3) is 0.417. The Labute approximate surface area is 100 Å². The Hall–Kier alpha value is -1.22. The van der Waals surface area contributed by atoms with Gasteiger partial charge in [0.25, 0.3) is 0 Å². The van der Waals surface area contributed by atoms with E-state index in [1.807, 2.05) is 0 Å². The first-order valence-electron chi connectivity index (χ1n) is 5.06. The van der Waals surface area contributed by atoms with E-state index in [0.717, 1.165) is 12.2 Å². The first-order valence-corrected chi connectivity index (χ1v) is 5.44. The topological polar surface area (TPSA) is 49.3 Å². The van der Waals surface area contributed by atoms with Gasteiger partial charge in [-0.1, -0.05) is 32.4 Å². The average molecular weight is 242 g/mol. The van der Waals surface area contributed by atoms with E-state index in [0.29, 0.717) is 5.02 Å². The van der Waals surface area contributed by atoms with Crippen molar-refractivity contribution in [3.63, 3.8) is 0 Å². The standard InChI is InChI=1S/C12H16ClNO2/c1-12(2,3)7-14-10-5-4-8(11(15)16)6-9(10)13/h4-6,14H,7H2,1-3H3,(H,15,16). The van der Waals surface area contributed by atoms with Gasteiger partial charge in [-0.3, -0.25) is 0 Å². The first kappa shape index (κ1) is 12.8. The van der Waals surface area contributed by atoms with Crippen molar-refractivity contribution in [2.24, 2.45) is 5.41 Å². The third-order valence-corrected chi connectivity index (χ3v) is 2.34. The van der Waals surface area contributed by atoms with Crippen molar-refractivity contribution < 1.29 is 9.90 Å². The number of rotatable bonds is 3. The van der Waals surface area contributed by atoms with Crippen LogP contribution in [0.2, 0.25) is 5.02 Å². The lowest BCUT2D eigenvalue weighted by Gasteiger charge is -2.20. The molecule has 1 rings (SSSR count). The predicted octanol–water partition coefficient (Wildman–Crippen LogP) is 3.50. The summed E-state index contributed by atoms with van der Waals surface area (Å²) >= 11 is 5.98. The van der Waals surface area contributed by atoms with Gasteiger partial charge in [0.2, 0.25) is 0 Å². The summed E-state index contributed by atoms with van der Waals surface area (Å²) < 4.78 is 0. The van der Waals surface area contributed by atoms with Gasteiger partial charge in [0.15, 0.2) is 0 Å². The minimum Gasteiger partial charge on any atom is -0.478 e. The summed E-state index contributed by atoms with van der Waals surface area (Å²) in [5.41, 5.74) is 1.11. The Morgan fingerprint density at radius 3 is 2.50 bits per heavy atom. The minimum atomic E-state index is -0.968. The third kappa shape index (κ3) is 3.74. The first-order chi connectivity index (χ1) is 7.29. The highest BCUT2D eigenvalue weighted by Crippen LogP contribution is 2.24. The molecule has 4 heteroatoms. The number of hydrogen-bond acceptors (Lipinski definition) is 2. The van der Waals surface area contributed by atoms with Crippen molar-refractivity contribution in [2.45, 2.75) is 20.8 Å². The van der Waals surface area contributed by atoms with E-state index in [1.165, 1.54) is 6.07 Å². The van der Waals surface area contributed by atoms with Crippen LogP contribution in [-0.2, 0) is 0 Å². The lowest BCUT2D eigenvalue weighted by molar-refractivity contribution is 0.0697. The molecule has 1 aromatic rings. The van der Waals surface area contributed by atoms with E-state index in [-0.39, 0.29) is 11.0 Å². The molecule has 0 spiro atoms. The van der Waals surface area contributed by atoms with Crippen LogP contribution in [0.4, 0.5) is 5.69 Å². The molecule has 0 unspecified atom stereocenters. The second kappa shape index (κ2) is 4.74. The van der Waals surface area contributed by atoms with E-state index in [9.17, 15) is 4.79 Å². The van der Waals surface area contributed by atoms with Gasteiger partial charge < -0.3 is 10.4 Å². The maximum absolute atomic E-state index is 10.7. The molecule has 0 amide bonds. The van der Waals surface area contributed by atoms with Crippen LogP contribution in [0.5, 0.6) is 0 Å². The van der Waals surface area contributed by atoms with Gasteiger partial charge in [-0.25, -0.2) is 4.79 Å². The van der Waals surface area contributed by atoms with E-state index >= 15 is 0 Å². The monoisotopic (exact) mass is 241 g/mol.